The summed E-state index contributed by atoms with van der Waals surface area (Å²) in [7, 11) is -3.00. The molecule has 0 spiro atoms. The number of benzene rings is 1. The van der Waals surface area contributed by atoms with Crippen LogP contribution in [0.3, 0.4) is 0 Å². The Kier molecular flexibility index (Phi) is 6.51. The van der Waals surface area contributed by atoms with Gasteiger partial charge in [0.15, 0.2) is 26.6 Å². The molecular weight excluding hydrogens is 468 g/mol. The molecule has 1 fully saturated rings. The van der Waals surface area contributed by atoms with Gasteiger partial charge in [-0.15, -0.1) is 10.2 Å². The fourth-order valence-corrected chi connectivity index (χ4v) is 7.11. The molecule has 0 saturated carbocycles. The number of aromatic nitrogens is 4. The van der Waals surface area contributed by atoms with Crippen molar-refractivity contribution >= 4 is 39.0 Å². The van der Waals surface area contributed by atoms with Gasteiger partial charge in [-0.2, -0.15) is 0 Å². The number of carbonyl (C=O) groups is 1. The Bertz CT molecular complexity index is 1280. The molecule has 10 heteroatoms. The van der Waals surface area contributed by atoms with E-state index in [4.69, 9.17) is 11.6 Å². The van der Waals surface area contributed by atoms with Crippen LogP contribution < -0.4 is 0 Å². The second-order valence-corrected chi connectivity index (χ2v) is 11.6. The number of nitrogens with zero attached hydrogens (tertiary/aromatic N) is 4. The van der Waals surface area contributed by atoms with Crippen molar-refractivity contribution in [3.63, 3.8) is 0 Å². The number of Topliss-reactive ketones (excluding diaryl/α,β-unsaturated/α-hetero) is 1. The molecule has 32 heavy (non-hydrogen) atoms. The summed E-state index contributed by atoms with van der Waals surface area (Å²) in [5, 5.41) is 9.90. The average Bonchev–Trinajstić information content (AvgIpc) is 3.40. The average molecular weight is 493 g/mol. The van der Waals surface area contributed by atoms with Crippen LogP contribution in [0, 0.1) is 13.8 Å². The molecule has 1 unspecified atom stereocenters. The lowest BCUT2D eigenvalue weighted by molar-refractivity contribution is 0.102. The molecule has 3 aromatic rings. The van der Waals surface area contributed by atoms with Gasteiger partial charge in [-0.05, 0) is 45.4 Å². The largest absolute Gasteiger partial charge is 0.344 e. The first kappa shape index (κ1) is 23.1. The van der Waals surface area contributed by atoms with Gasteiger partial charge in [0, 0.05) is 40.1 Å². The van der Waals surface area contributed by atoms with Crippen molar-refractivity contribution in [3.8, 4) is 11.4 Å². The van der Waals surface area contributed by atoms with Crippen LogP contribution >= 0.6 is 23.4 Å². The number of hydrogen-bond donors (Lipinski definition) is 0. The minimum Gasteiger partial charge on any atom is -0.344 e. The highest BCUT2D eigenvalue weighted by Gasteiger charge is 2.31. The summed E-state index contributed by atoms with van der Waals surface area (Å²) in [6.45, 7) is 6.48. The molecule has 0 N–H and O–H groups in total. The highest BCUT2D eigenvalue weighted by molar-refractivity contribution is 7.99. The van der Waals surface area contributed by atoms with Gasteiger partial charge in [0.25, 0.3) is 0 Å². The monoisotopic (exact) mass is 492 g/mol. The third kappa shape index (κ3) is 4.51. The van der Waals surface area contributed by atoms with Crippen molar-refractivity contribution in [2.75, 3.05) is 17.3 Å². The predicted octanol–water partition coefficient (Wildman–Crippen LogP) is 4.37. The number of halogens is 1. The molecule has 2 aromatic heterocycles. The maximum Gasteiger partial charge on any atom is 0.191 e. The maximum atomic E-state index is 13.0. The van der Waals surface area contributed by atoms with Gasteiger partial charge in [-0.3, -0.25) is 4.79 Å². The van der Waals surface area contributed by atoms with Crippen molar-refractivity contribution in [2.24, 2.45) is 0 Å². The smallest absolute Gasteiger partial charge is 0.191 e. The predicted molar refractivity (Wildman–Crippen MR) is 127 cm³/mol. The van der Waals surface area contributed by atoms with Crippen LogP contribution in [0.4, 0.5) is 0 Å². The van der Waals surface area contributed by atoms with Crippen LogP contribution in [-0.2, 0) is 16.4 Å². The lowest BCUT2D eigenvalue weighted by atomic mass is 10.2. The van der Waals surface area contributed by atoms with E-state index in [0.717, 1.165) is 17.0 Å². The lowest BCUT2D eigenvalue weighted by Crippen LogP contribution is -2.14. The molecule has 0 radical (unpaired) electrons. The number of rotatable bonds is 7. The van der Waals surface area contributed by atoms with Crippen molar-refractivity contribution in [1.29, 1.82) is 0 Å². The summed E-state index contributed by atoms with van der Waals surface area (Å²) in [6.07, 6.45) is 0.590. The van der Waals surface area contributed by atoms with Crippen LogP contribution in [-0.4, -0.2) is 50.8 Å². The van der Waals surface area contributed by atoms with Crippen LogP contribution in [0.2, 0.25) is 5.02 Å². The van der Waals surface area contributed by atoms with E-state index in [1.807, 2.05) is 60.2 Å². The molecule has 1 aromatic carbocycles. The van der Waals surface area contributed by atoms with E-state index in [1.54, 1.807) is 0 Å². The Morgan fingerprint density at radius 1 is 1.25 bits per heavy atom. The van der Waals surface area contributed by atoms with E-state index in [0.29, 0.717) is 34.5 Å². The topological polar surface area (TPSA) is 86.9 Å². The fraction of sp³-hybridized carbons (Fsp3) is 0.409. The number of carbonyl (C=O) groups excluding carboxylic acids is 1. The summed E-state index contributed by atoms with van der Waals surface area (Å²) in [6, 6.07) is 9.22. The van der Waals surface area contributed by atoms with E-state index < -0.39 is 9.84 Å². The van der Waals surface area contributed by atoms with Crippen LogP contribution in [0.5, 0.6) is 0 Å². The molecule has 3 heterocycles. The van der Waals surface area contributed by atoms with Crippen LogP contribution in [0.1, 0.15) is 41.1 Å². The quantitative estimate of drug-likeness (QED) is 0.359. The van der Waals surface area contributed by atoms with E-state index in [1.165, 1.54) is 11.8 Å². The van der Waals surface area contributed by atoms with E-state index in [9.17, 15) is 13.2 Å². The molecule has 0 aliphatic carbocycles. The third-order valence-corrected chi connectivity index (χ3v) is 8.76. The fourth-order valence-electron chi connectivity index (χ4n) is 4.33. The molecule has 1 atom stereocenters. The summed E-state index contributed by atoms with van der Waals surface area (Å²) < 4.78 is 27.8. The van der Waals surface area contributed by atoms with Crippen molar-refractivity contribution in [3.05, 3.63) is 52.3 Å². The van der Waals surface area contributed by atoms with E-state index >= 15 is 0 Å². The minimum atomic E-state index is -3.00. The van der Waals surface area contributed by atoms with Gasteiger partial charge in [0.2, 0.25) is 0 Å². The molecule has 1 saturated heterocycles. The highest BCUT2D eigenvalue weighted by atomic mass is 35.5. The minimum absolute atomic E-state index is 0.00911. The van der Waals surface area contributed by atoms with E-state index in [2.05, 4.69) is 10.2 Å². The zero-order chi connectivity index (χ0) is 23.0. The molecule has 1 aliphatic rings. The first-order valence-corrected chi connectivity index (χ1v) is 13.6. The third-order valence-electron chi connectivity index (χ3n) is 5.81. The zero-order valence-electron chi connectivity index (χ0n) is 18.2. The molecule has 4 rings (SSSR count). The number of hydrogen-bond acceptors (Lipinski definition) is 6. The standard InChI is InChI=1S/C22H25ClN4O3S2/c1-4-26-21(16-6-5-7-17(23)11-16)24-25-22(26)31-12-20(28)19-10-14(2)27(15(19)3)18-8-9-32(29,30)13-18/h5-7,10-11,18H,4,8-9,12-13H2,1-3H3. The van der Waals surface area contributed by atoms with E-state index in [-0.39, 0.29) is 29.1 Å². The highest BCUT2D eigenvalue weighted by Crippen LogP contribution is 2.31. The maximum absolute atomic E-state index is 13.0. The van der Waals surface area contributed by atoms with Crippen molar-refractivity contribution in [2.45, 2.75) is 44.9 Å². The lowest BCUT2D eigenvalue weighted by Gasteiger charge is -2.16. The number of aryl methyl sites for hydroxylation is 1. The summed E-state index contributed by atoms with van der Waals surface area (Å²) in [5.41, 5.74) is 3.25. The summed E-state index contributed by atoms with van der Waals surface area (Å²) in [5.74, 6) is 1.27. The Hall–Kier alpha value is -2.10. The van der Waals surface area contributed by atoms with Gasteiger partial charge in [-0.1, -0.05) is 35.5 Å². The molecular formula is C22H25ClN4O3S2. The van der Waals surface area contributed by atoms with Gasteiger partial charge < -0.3 is 9.13 Å². The number of thioether (sulfide) groups is 1. The molecule has 1 aliphatic heterocycles. The Balaban J connectivity index is 1.52. The first-order valence-electron chi connectivity index (χ1n) is 10.4. The SMILES string of the molecule is CCn1c(SCC(=O)c2cc(C)n(C3CCS(=O)(=O)C3)c2C)nnc1-c1cccc(Cl)c1. The van der Waals surface area contributed by atoms with Crippen molar-refractivity contribution in [1.82, 2.24) is 19.3 Å². The second-order valence-electron chi connectivity index (χ2n) is 7.98. The van der Waals surface area contributed by atoms with Crippen LogP contribution in [0.25, 0.3) is 11.4 Å². The summed E-state index contributed by atoms with van der Waals surface area (Å²) >= 11 is 7.47. The Labute approximate surface area is 197 Å². The Morgan fingerprint density at radius 2 is 2.03 bits per heavy atom. The first-order chi connectivity index (χ1) is 15.2. The summed E-state index contributed by atoms with van der Waals surface area (Å²) in [4.78, 5) is 13.0. The van der Waals surface area contributed by atoms with Crippen molar-refractivity contribution < 1.29 is 13.2 Å². The van der Waals surface area contributed by atoms with Gasteiger partial charge in [0.05, 0.1) is 17.3 Å². The molecule has 7 nitrogen and oxygen atoms in total. The second kappa shape index (κ2) is 9.03. The number of sulfone groups is 1. The zero-order valence-corrected chi connectivity index (χ0v) is 20.6. The van der Waals surface area contributed by atoms with Gasteiger partial charge in [0.1, 0.15) is 0 Å². The molecule has 170 valence electrons. The Morgan fingerprint density at radius 3 is 2.69 bits per heavy atom. The number of ketones is 1. The normalized spacial score (nSPS) is 17.7. The molecule has 0 bridgehead atoms. The van der Waals surface area contributed by atoms with Crippen LogP contribution in [0.15, 0.2) is 35.5 Å². The molecule has 0 amide bonds. The van der Waals surface area contributed by atoms with Gasteiger partial charge in [-0.25, -0.2) is 8.42 Å². The van der Waals surface area contributed by atoms with Gasteiger partial charge >= 0.3 is 0 Å².